The highest BCUT2D eigenvalue weighted by Gasteiger charge is 2.36. The second kappa shape index (κ2) is 10.3. The third-order valence-electron chi connectivity index (χ3n) is 8.56. The van der Waals surface area contributed by atoms with Crippen LogP contribution in [0.1, 0.15) is 61.3 Å². The number of hydrogen-bond donors (Lipinski definition) is 1. The van der Waals surface area contributed by atoms with Crippen molar-refractivity contribution in [2.75, 3.05) is 33.0 Å². The first kappa shape index (κ1) is 26.5. The Morgan fingerprint density at radius 2 is 1.75 bits per heavy atom. The molecule has 2 aliphatic heterocycles. The van der Waals surface area contributed by atoms with E-state index in [2.05, 4.69) is 88.3 Å². The second-order valence-electron chi connectivity index (χ2n) is 11.6. The lowest BCUT2D eigenvalue weighted by Gasteiger charge is -2.39. The molecule has 1 fully saturated rings. The molecule has 10 heteroatoms. The molecule has 40 heavy (non-hydrogen) atoms. The van der Waals surface area contributed by atoms with E-state index in [1.807, 2.05) is 17.7 Å². The summed E-state index contributed by atoms with van der Waals surface area (Å²) in [5, 5.41) is 14.1. The van der Waals surface area contributed by atoms with Gasteiger partial charge in [0.25, 0.3) is 5.56 Å². The Kier molecular flexibility index (Phi) is 6.83. The van der Waals surface area contributed by atoms with E-state index in [1.165, 1.54) is 5.56 Å². The number of aromatic nitrogens is 5. The van der Waals surface area contributed by atoms with Crippen LogP contribution in [0.2, 0.25) is 0 Å². The molecule has 4 heterocycles. The molecule has 0 spiro atoms. The first-order valence-electron chi connectivity index (χ1n) is 14.0. The molecule has 1 N–H and O–H groups in total. The van der Waals surface area contributed by atoms with Crippen molar-refractivity contribution in [3.8, 4) is 11.5 Å². The molecule has 0 radical (unpaired) electrons. The van der Waals surface area contributed by atoms with E-state index in [9.17, 15) is 4.79 Å². The zero-order valence-corrected chi connectivity index (χ0v) is 23.9. The van der Waals surface area contributed by atoms with Crippen LogP contribution in [0, 0.1) is 13.8 Å². The van der Waals surface area contributed by atoms with Crippen LogP contribution in [0.4, 0.5) is 0 Å². The molecule has 6 rings (SSSR count). The van der Waals surface area contributed by atoms with E-state index in [4.69, 9.17) is 9.47 Å². The van der Waals surface area contributed by atoms with Gasteiger partial charge in [0.05, 0.1) is 11.1 Å². The van der Waals surface area contributed by atoms with Crippen molar-refractivity contribution in [2.24, 2.45) is 0 Å². The van der Waals surface area contributed by atoms with E-state index in [1.54, 1.807) is 0 Å². The third-order valence-corrected chi connectivity index (χ3v) is 8.56. The molecule has 0 bridgehead atoms. The van der Waals surface area contributed by atoms with Crippen LogP contribution in [0.5, 0.6) is 11.5 Å². The fourth-order valence-corrected chi connectivity index (χ4v) is 5.72. The summed E-state index contributed by atoms with van der Waals surface area (Å²) in [6.07, 6.45) is 0.855. The lowest BCUT2D eigenvalue weighted by molar-refractivity contribution is 0.0968. The van der Waals surface area contributed by atoms with Gasteiger partial charge in [0.2, 0.25) is 6.79 Å². The maximum absolute atomic E-state index is 13.7. The van der Waals surface area contributed by atoms with Crippen LogP contribution in [-0.2, 0) is 12.1 Å². The van der Waals surface area contributed by atoms with Crippen molar-refractivity contribution in [1.82, 2.24) is 35.0 Å². The molecule has 0 amide bonds. The van der Waals surface area contributed by atoms with Crippen LogP contribution in [-0.4, -0.2) is 68.0 Å². The third kappa shape index (κ3) is 4.75. The minimum absolute atomic E-state index is 0.0992. The summed E-state index contributed by atoms with van der Waals surface area (Å²) in [6.45, 7) is 14.9. The zero-order valence-electron chi connectivity index (χ0n) is 23.9. The van der Waals surface area contributed by atoms with Gasteiger partial charge in [-0.05, 0) is 79.4 Å². The molecule has 0 unspecified atom stereocenters. The Morgan fingerprint density at radius 1 is 1.00 bits per heavy atom. The van der Waals surface area contributed by atoms with E-state index in [0.717, 1.165) is 72.7 Å². The summed E-state index contributed by atoms with van der Waals surface area (Å²) in [4.78, 5) is 21.7. The monoisotopic (exact) mass is 543 g/mol. The highest BCUT2D eigenvalue weighted by atomic mass is 16.7. The predicted octanol–water partition coefficient (Wildman–Crippen LogP) is 3.91. The van der Waals surface area contributed by atoms with Crippen LogP contribution in [0.3, 0.4) is 0 Å². The first-order chi connectivity index (χ1) is 19.2. The molecule has 210 valence electrons. The number of hydrogen-bond acceptors (Lipinski definition) is 8. The minimum Gasteiger partial charge on any atom is -0.454 e. The zero-order chi connectivity index (χ0) is 28.0. The summed E-state index contributed by atoms with van der Waals surface area (Å²) >= 11 is 0. The molecule has 2 aliphatic rings. The maximum Gasteiger partial charge on any atom is 0.253 e. The summed E-state index contributed by atoms with van der Waals surface area (Å²) in [5.41, 5.74) is 4.53. The molecule has 2 aromatic heterocycles. The Labute approximate surface area is 233 Å². The maximum atomic E-state index is 13.7. The number of pyridine rings is 1. The Morgan fingerprint density at radius 3 is 2.52 bits per heavy atom. The van der Waals surface area contributed by atoms with Crippen molar-refractivity contribution < 1.29 is 9.47 Å². The number of ether oxygens (including phenoxy) is 2. The number of H-pyrrole nitrogens is 1. The van der Waals surface area contributed by atoms with E-state index in [0.29, 0.717) is 11.4 Å². The number of benzene rings is 2. The molecule has 1 saturated heterocycles. The summed E-state index contributed by atoms with van der Waals surface area (Å²) in [5.74, 6) is 2.31. The highest BCUT2D eigenvalue weighted by molar-refractivity contribution is 5.85. The van der Waals surface area contributed by atoms with Gasteiger partial charge in [-0.3, -0.25) is 14.6 Å². The van der Waals surface area contributed by atoms with Crippen LogP contribution >= 0.6 is 0 Å². The highest BCUT2D eigenvalue weighted by Crippen LogP contribution is 2.34. The standard InChI is InChI=1S/C30H37N7O3/c1-6-30(4,5)37-28(32-33-34-37)27(23-16-22-19(2)7-8-20(3)26(22)31-29(23)38)36-13-11-35(12-14-36)17-21-9-10-24-25(15-21)40-18-39-24/h7-10,15-16,27H,6,11-14,17-18H2,1-5H3,(H,31,38)/t27-/m1/s1. The van der Waals surface area contributed by atoms with Gasteiger partial charge >= 0.3 is 0 Å². The molecule has 2 aromatic carbocycles. The summed E-state index contributed by atoms with van der Waals surface area (Å²) < 4.78 is 12.9. The average Bonchev–Trinajstić information content (AvgIpc) is 3.63. The van der Waals surface area contributed by atoms with Crippen LogP contribution < -0.4 is 15.0 Å². The van der Waals surface area contributed by atoms with E-state index < -0.39 is 0 Å². The van der Waals surface area contributed by atoms with Crippen molar-refractivity contribution in [3.63, 3.8) is 0 Å². The molecule has 0 saturated carbocycles. The number of aromatic amines is 1. The minimum atomic E-state index is -0.374. The predicted molar refractivity (Wildman–Crippen MR) is 153 cm³/mol. The number of nitrogens with zero attached hydrogens (tertiary/aromatic N) is 6. The van der Waals surface area contributed by atoms with Gasteiger partial charge in [-0.25, -0.2) is 4.68 Å². The molecule has 10 nitrogen and oxygen atoms in total. The molecule has 0 aliphatic carbocycles. The normalized spacial score (nSPS) is 17.0. The van der Waals surface area contributed by atoms with E-state index in [-0.39, 0.29) is 23.9 Å². The number of tetrazole rings is 1. The SMILES string of the molecule is CCC(C)(C)n1nnnc1[C@@H](c1cc2c(C)ccc(C)c2[nH]c1=O)N1CCN(Cc2ccc3c(c2)OCO3)CC1. The van der Waals surface area contributed by atoms with Gasteiger partial charge in [-0.1, -0.05) is 25.1 Å². The summed E-state index contributed by atoms with van der Waals surface area (Å²) in [7, 11) is 0. The van der Waals surface area contributed by atoms with Gasteiger partial charge in [0.1, 0.15) is 6.04 Å². The molecule has 4 aromatic rings. The number of aryl methyl sites for hydroxylation is 2. The fraction of sp³-hybridized carbons (Fsp3) is 0.467. The lowest BCUT2D eigenvalue weighted by Crippen LogP contribution is -2.49. The largest absolute Gasteiger partial charge is 0.454 e. The lowest BCUT2D eigenvalue weighted by atomic mass is 9.97. The van der Waals surface area contributed by atoms with Gasteiger partial charge in [0.15, 0.2) is 17.3 Å². The number of nitrogens with one attached hydrogen (secondary N) is 1. The molecule has 1 atom stereocenters. The molecular formula is C30H37N7O3. The van der Waals surface area contributed by atoms with Crippen molar-refractivity contribution in [3.05, 3.63) is 74.8 Å². The quantitative estimate of drug-likeness (QED) is 0.374. The number of piperazine rings is 1. The number of fused-ring (bicyclic) bond motifs is 2. The van der Waals surface area contributed by atoms with Crippen molar-refractivity contribution in [2.45, 2.75) is 59.2 Å². The van der Waals surface area contributed by atoms with Crippen LogP contribution in [0.25, 0.3) is 10.9 Å². The topological polar surface area (TPSA) is 101 Å². The average molecular weight is 544 g/mol. The van der Waals surface area contributed by atoms with Gasteiger partial charge in [-0.15, -0.1) is 5.10 Å². The summed E-state index contributed by atoms with van der Waals surface area (Å²) in [6, 6.07) is 12.0. The number of rotatable bonds is 7. The second-order valence-corrected chi connectivity index (χ2v) is 11.6. The smallest absolute Gasteiger partial charge is 0.253 e. The Hall–Kier alpha value is -3.76. The van der Waals surface area contributed by atoms with Crippen molar-refractivity contribution >= 4 is 10.9 Å². The van der Waals surface area contributed by atoms with Gasteiger partial charge < -0.3 is 14.5 Å². The molecular weight excluding hydrogens is 506 g/mol. The Bertz CT molecular complexity index is 1600. The van der Waals surface area contributed by atoms with Crippen LogP contribution in [0.15, 0.2) is 41.2 Å². The van der Waals surface area contributed by atoms with Gasteiger partial charge in [0, 0.05) is 43.7 Å². The first-order valence-corrected chi connectivity index (χ1v) is 14.0. The van der Waals surface area contributed by atoms with Crippen molar-refractivity contribution in [1.29, 1.82) is 0 Å². The van der Waals surface area contributed by atoms with Gasteiger partial charge in [-0.2, -0.15) is 0 Å². The van der Waals surface area contributed by atoms with E-state index >= 15 is 0 Å². The fourth-order valence-electron chi connectivity index (χ4n) is 5.72. The Balaban J connectivity index is 1.34.